The Kier molecular flexibility index (Phi) is 3.50. The second-order valence-electron chi connectivity index (χ2n) is 4.34. The van der Waals surface area contributed by atoms with Crippen LogP contribution in [0, 0.1) is 6.92 Å². The van der Waals surface area contributed by atoms with Gasteiger partial charge >= 0.3 is 0 Å². The number of anilines is 1. The van der Waals surface area contributed by atoms with Crippen LogP contribution in [-0.2, 0) is 0 Å². The minimum absolute atomic E-state index is 0.184. The van der Waals surface area contributed by atoms with Crippen LogP contribution in [0.25, 0.3) is 4.96 Å². The molecule has 4 nitrogen and oxygen atoms in total. The quantitative estimate of drug-likeness (QED) is 0.751. The molecule has 0 fully saturated rings. The zero-order valence-corrected chi connectivity index (χ0v) is 12.7. The molecule has 2 heterocycles. The fourth-order valence-corrected chi connectivity index (χ4v) is 3.18. The number of hydrogen-bond donors (Lipinski definition) is 1. The molecule has 0 atom stereocenters. The Bertz CT molecular complexity index is 744. The predicted octanol–water partition coefficient (Wildman–Crippen LogP) is 3.68. The maximum Gasteiger partial charge on any atom is 0.275 e. The fourth-order valence-electron chi connectivity index (χ4n) is 1.92. The van der Waals surface area contributed by atoms with Crippen LogP contribution in [0.2, 0.25) is 0 Å². The smallest absolute Gasteiger partial charge is 0.275 e. The van der Waals surface area contributed by atoms with E-state index in [1.54, 1.807) is 29.3 Å². The number of hydrogen-bond acceptors (Lipinski definition) is 4. The number of carbonyl (C=O) groups excluding carboxylic acids is 1. The summed E-state index contributed by atoms with van der Waals surface area (Å²) in [6.45, 7) is 2.02. The van der Waals surface area contributed by atoms with E-state index in [9.17, 15) is 4.79 Å². The summed E-state index contributed by atoms with van der Waals surface area (Å²) in [7, 11) is 0. The van der Waals surface area contributed by atoms with Crippen LogP contribution < -0.4 is 5.32 Å². The first-order valence-corrected chi connectivity index (χ1v) is 8.10. The normalized spacial score (nSPS) is 10.9. The highest BCUT2D eigenvalue weighted by atomic mass is 32.2. The second kappa shape index (κ2) is 5.30. The zero-order valence-electron chi connectivity index (χ0n) is 11.1. The lowest BCUT2D eigenvalue weighted by molar-refractivity contribution is 0.102. The number of nitrogens with one attached hydrogen (secondary N) is 1. The maximum absolute atomic E-state index is 12.2. The van der Waals surface area contributed by atoms with Gasteiger partial charge in [0.2, 0.25) is 0 Å². The molecule has 0 unspecified atom stereocenters. The van der Waals surface area contributed by atoms with E-state index >= 15 is 0 Å². The number of thioether (sulfide) groups is 1. The molecule has 0 radical (unpaired) electrons. The van der Waals surface area contributed by atoms with Crippen molar-refractivity contribution in [2.75, 3.05) is 11.6 Å². The van der Waals surface area contributed by atoms with Crippen LogP contribution in [-0.4, -0.2) is 21.5 Å². The summed E-state index contributed by atoms with van der Waals surface area (Å²) in [5, 5.41) is 2.87. The third-order valence-electron chi connectivity index (χ3n) is 2.83. The molecule has 0 aliphatic heterocycles. The summed E-state index contributed by atoms with van der Waals surface area (Å²) in [5.74, 6) is -0.184. The molecule has 0 saturated carbocycles. The van der Waals surface area contributed by atoms with Gasteiger partial charge in [-0.05, 0) is 31.4 Å². The van der Waals surface area contributed by atoms with E-state index in [4.69, 9.17) is 0 Å². The average Bonchev–Trinajstić information content (AvgIpc) is 2.96. The minimum Gasteiger partial charge on any atom is -0.321 e. The lowest BCUT2D eigenvalue weighted by Crippen LogP contribution is -2.12. The average molecular weight is 303 g/mol. The number of carbonyl (C=O) groups is 1. The van der Waals surface area contributed by atoms with Crippen molar-refractivity contribution in [2.24, 2.45) is 0 Å². The first kappa shape index (κ1) is 13.2. The number of aryl methyl sites for hydroxylation is 1. The third kappa shape index (κ3) is 2.57. The van der Waals surface area contributed by atoms with Crippen molar-refractivity contribution in [3.63, 3.8) is 0 Å². The summed E-state index contributed by atoms with van der Waals surface area (Å²) in [4.78, 5) is 19.6. The molecule has 1 N–H and O–H groups in total. The molecule has 3 aromatic rings. The van der Waals surface area contributed by atoms with Gasteiger partial charge in [-0.2, -0.15) is 0 Å². The van der Waals surface area contributed by atoms with Gasteiger partial charge < -0.3 is 5.32 Å². The van der Waals surface area contributed by atoms with Gasteiger partial charge in [0.05, 0.1) is 0 Å². The highest BCUT2D eigenvalue weighted by Gasteiger charge is 2.12. The molecule has 0 spiro atoms. The largest absolute Gasteiger partial charge is 0.321 e. The molecule has 1 amide bonds. The van der Waals surface area contributed by atoms with Gasteiger partial charge in [-0.15, -0.1) is 23.1 Å². The molecule has 6 heteroatoms. The van der Waals surface area contributed by atoms with Gasteiger partial charge in [-0.1, -0.05) is 6.07 Å². The number of fused-ring (bicyclic) bond motifs is 1. The highest BCUT2D eigenvalue weighted by molar-refractivity contribution is 7.98. The molecule has 1 aromatic carbocycles. The molecular formula is C14H13N3OS2. The summed E-state index contributed by atoms with van der Waals surface area (Å²) in [6.07, 6.45) is 5.73. The van der Waals surface area contributed by atoms with Gasteiger partial charge in [0.25, 0.3) is 5.91 Å². The van der Waals surface area contributed by atoms with Gasteiger partial charge in [0.15, 0.2) is 4.96 Å². The van der Waals surface area contributed by atoms with Crippen LogP contribution in [0.5, 0.6) is 0 Å². The standard InChI is InChI=1S/C14H13N3OS2/c1-9-7-17-8-12(16-14(17)20-9)13(18)15-10-4-3-5-11(6-10)19-2/h3-8H,1-2H3,(H,15,18). The second-order valence-corrected chi connectivity index (χ2v) is 6.44. The highest BCUT2D eigenvalue weighted by Crippen LogP contribution is 2.20. The summed E-state index contributed by atoms with van der Waals surface area (Å²) >= 11 is 3.21. The first-order chi connectivity index (χ1) is 9.65. The van der Waals surface area contributed by atoms with Gasteiger partial charge in [-0.25, -0.2) is 4.98 Å². The van der Waals surface area contributed by atoms with E-state index in [1.165, 1.54) is 4.88 Å². The number of rotatable bonds is 3. The van der Waals surface area contributed by atoms with Crippen LogP contribution >= 0.6 is 23.1 Å². The molecular weight excluding hydrogens is 290 g/mol. The van der Waals surface area contributed by atoms with Crippen LogP contribution in [0.4, 0.5) is 5.69 Å². The van der Waals surface area contributed by atoms with Crippen LogP contribution in [0.15, 0.2) is 41.6 Å². The summed E-state index contributed by atoms with van der Waals surface area (Å²) in [5.41, 5.74) is 1.22. The molecule has 0 bridgehead atoms. The Hall–Kier alpha value is -1.79. The number of aromatic nitrogens is 2. The number of imidazole rings is 1. The molecule has 0 aliphatic carbocycles. The van der Waals surface area contributed by atoms with Crippen molar-refractivity contribution in [3.8, 4) is 0 Å². The van der Waals surface area contributed by atoms with Crippen molar-refractivity contribution < 1.29 is 4.79 Å². The van der Waals surface area contributed by atoms with E-state index in [0.717, 1.165) is 15.5 Å². The number of thiazole rings is 1. The van der Waals surface area contributed by atoms with Crippen molar-refractivity contribution in [2.45, 2.75) is 11.8 Å². The zero-order chi connectivity index (χ0) is 14.1. The molecule has 3 rings (SSSR count). The molecule has 102 valence electrons. The third-order valence-corrected chi connectivity index (χ3v) is 4.47. The predicted molar refractivity (Wildman–Crippen MR) is 84.0 cm³/mol. The Morgan fingerprint density at radius 3 is 3.00 bits per heavy atom. The van der Waals surface area contributed by atoms with Crippen molar-refractivity contribution in [1.82, 2.24) is 9.38 Å². The van der Waals surface area contributed by atoms with Crippen LogP contribution in [0.3, 0.4) is 0 Å². The number of benzene rings is 1. The monoisotopic (exact) mass is 303 g/mol. The lowest BCUT2D eigenvalue weighted by Gasteiger charge is -2.04. The van der Waals surface area contributed by atoms with E-state index in [2.05, 4.69) is 10.3 Å². The first-order valence-electron chi connectivity index (χ1n) is 6.06. The van der Waals surface area contributed by atoms with Crippen molar-refractivity contribution in [3.05, 3.63) is 47.2 Å². The Balaban J connectivity index is 1.82. The molecule has 2 aromatic heterocycles. The SMILES string of the molecule is CSc1cccc(NC(=O)c2cn3cc(C)sc3n2)c1. The van der Waals surface area contributed by atoms with Gasteiger partial charge in [-0.3, -0.25) is 9.20 Å². The fraction of sp³-hybridized carbons (Fsp3) is 0.143. The maximum atomic E-state index is 12.2. The number of nitrogens with zero attached hydrogens (tertiary/aromatic N) is 2. The molecule has 0 saturated heterocycles. The topological polar surface area (TPSA) is 46.4 Å². The Morgan fingerprint density at radius 1 is 1.40 bits per heavy atom. The van der Waals surface area contributed by atoms with Gasteiger partial charge in [0, 0.05) is 27.9 Å². The molecule has 20 heavy (non-hydrogen) atoms. The Morgan fingerprint density at radius 2 is 2.25 bits per heavy atom. The van der Waals surface area contributed by atoms with Crippen LogP contribution in [0.1, 0.15) is 15.4 Å². The van der Waals surface area contributed by atoms with E-state index in [-0.39, 0.29) is 5.91 Å². The summed E-state index contributed by atoms with van der Waals surface area (Å²) in [6, 6.07) is 7.76. The van der Waals surface area contributed by atoms with E-state index in [1.807, 2.05) is 48.0 Å². The van der Waals surface area contributed by atoms with E-state index in [0.29, 0.717) is 5.69 Å². The molecule has 0 aliphatic rings. The lowest BCUT2D eigenvalue weighted by atomic mass is 10.3. The number of amides is 1. The summed E-state index contributed by atoms with van der Waals surface area (Å²) < 4.78 is 1.88. The van der Waals surface area contributed by atoms with Crippen molar-refractivity contribution in [1.29, 1.82) is 0 Å². The van der Waals surface area contributed by atoms with Gasteiger partial charge in [0.1, 0.15) is 5.69 Å². The minimum atomic E-state index is -0.184. The van der Waals surface area contributed by atoms with E-state index < -0.39 is 0 Å². The Labute approximate surface area is 124 Å². The van der Waals surface area contributed by atoms with Crippen molar-refractivity contribution >= 4 is 39.7 Å².